The van der Waals surface area contributed by atoms with Gasteiger partial charge >= 0.3 is 0 Å². The second kappa shape index (κ2) is 7.30. The van der Waals surface area contributed by atoms with Crippen LogP contribution in [-0.4, -0.2) is 23.1 Å². The number of aliphatic hydroxyl groups is 1. The van der Waals surface area contributed by atoms with Crippen LogP contribution in [0.3, 0.4) is 0 Å². The summed E-state index contributed by atoms with van der Waals surface area (Å²) in [6.45, 7) is 5.67. The van der Waals surface area contributed by atoms with Crippen molar-refractivity contribution in [1.29, 1.82) is 0 Å². The van der Waals surface area contributed by atoms with Crippen LogP contribution in [0.1, 0.15) is 48.1 Å². The van der Waals surface area contributed by atoms with Gasteiger partial charge in [0.25, 0.3) is 0 Å². The Hall–Kier alpha value is -2.42. The minimum atomic E-state index is -0.771. The fourth-order valence-corrected chi connectivity index (χ4v) is 4.06. The first-order chi connectivity index (χ1) is 13.1. The van der Waals surface area contributed by atoms with E-state index < -0.39 is 5.60 Å². The number of benzene rings is 3. The summed E-state index contributed by atoms with van der Waals surface area (Å²) in [4.78, 5) is 2.37. The lowest BCUT2D eigenvalue weighted by Crippen LogP contribution is -2.60. The van der Waals surface area contributed by atoms with Gasteiger partial charge in [-0.1, -0.05) is 98.8 Å². The fraction of sp³-hybridized carbons (Fsp3) is 0.280. The van der Waals surface area contributed by atoms with E-state index >= 15 is 0 Å². The first kappa shape index (κ1) is 18.0. The molecule has 27 heavy (non-hydrogen) atoms. The van der Waals surface area contributed by atoms with E-state index in [9.17, 15) is 5.11 Å². The quantitative estimate of drug-likeness (QED) is 0.686. The molecule has 3 aromatic rings. The van der Waals surface area contributed by atoms with E-state index in [0.29, 0.717) is 19.0 Å². The number of β-amino-alcohol motifs (C(OH)–C–C–N with tert-alkyl or cyclic N) is 1. The largest absolute Gasteiger partial charge is 0.382 e. The molecule has 0 unspecified atom stereocenters. The zero-order valence-electron chi connectivity index (χ0n) is 16.0. The molecule has 0 bridgehead atoms. The summed E-state index contributed by atoms with van der Waals surface area (Å²) in [5, 5.41) is 11.3. The third-order valence-electron chi connectivity index (χ3n) is 5.62. The van der Waals surface area contributed by atoms with Crippen LogP contribution >= 0.6 is 0 Å². The van der Waals surface area contributed by atoms with Crippen LogP contribution in [0.4, 0.5) is 0 Å². The van der Waals surface area contributed by atoms with Gasteiger partial charge in [-0.3, -0.25) is 4.90 Å². The third-order valence-corrected chi connectivity index (χ3v) is 5.62. The zero-order chi connectivity index (χ0) is 18.9. The fourth-order valence-electron chi connectivity index (χ4n) is 4.06. The molecule has 1 aliphatic heterocycles. The highest BCUT2D eigenvalue weighted by molar-refractivity contribution is 5.36. The molecule has 0 saturated carbocycles. The van der Waals surface area contributed by atoms with E-state index in [0.717, 1.165) is 5.56 Å². The van der Waals surface area contributed by atoms with Crippen molar-refractivity contribution in [3.63, 3.8) is 0 Å². The smallest absolute Gasteiger partial charge is 0.115 e. The summed E-state index contributed by atoms with van der Waals surface area (Å²) >= 11 is 0. The van der Waals surface area contributed by atoms with Crippen molar-refractivity contribution in [3.05, 3.63) is 107 Å². The maximum absolute atomic E-state index is 11.3. The molecule has 0 atom stereocenters. The molecule has 0 aromatic heterocycles. The first-order valence-corrected chi connectivity index (χ1v) is 9.73. The SMILES string of the molecule is CC(C)c1cccc(C2(O)CN(C(c3ccccc3)c3ccccc3)C2)c1. The summed E-state index contributed by atoms with van der Waals surface area (Å²) < 4.78 is 0. The van der Waals surface area contributed by atoms with Gasteiger partial charge in [0.2, 0.25) is 0 Å². The Labute approximate surface area is 162 Å². The number of hydrogen-bond donors (Lipinski definition) is 1. The molecule has 2 nitrogen and oxygen atoms in total. The molecule has 138 valence electrons. The summed E-state index contributed by atoms with van der Waals surface area (Å²) in [7, 11) is 0. The first-order valence-electron chi connectivity index (χ1n) is 9.73. The van der Waals surface area contributed by atoms with Gasteiger partial charge in [0.15, 0.2) is 0 Å². The van der Waals surface area contributed by atoms with Gasteiger partial charge in [-0.2, -0.15) is 0 Å². The van der Waals surface area contributed by atoms with Crippen LogP contribution in [-0.2, 0) is 5.60 Å². The highest BCUT2D eigenvalue weighted by Crippen LogP contribution is 2.41. The van der Waals surface area contributed by atoms with Gasteiger partial charge in [0.05, 0.1) is 6.04 Å². The van der Waals surface area contributed by atoms with Crippen molar-refractivity contribution in [3.8, 4) is 0 Å². The Kier molecular flexibility index (Phi) is 4.86. The normalized spacial score (nSPS) is 16.5. The van der Waals surface area contributed by atoms with Gasteiger partial charge in [0.1, 0.15) is 5.60 Å². The molecule has 1 N–H and O–H groups in total. The summed E-state index contributed by atoms with van der Waals surface area (Å²) in [5.41, 5.74) is 4.07. The van der Waals surface area contributed by atoms with Crippen molar-refractivity contribution in [2.75, 3.05) is 13.1 Å². The summed E-state index contributed by atoms with van der Waals surface area (Å²) in [6, 6.07) is 29.8. The number of likely N-dealkylation sites (tertiary alicyclic amines) is 1. The molecule has 0 aliphatic carbocycles. The topological polar surface area (TPSA) is 23.5 Å². The van der Waals surface area contributed by atoms with Crippen LogP contribution in [0.5, 0.6) is 0 Å². The molecule has 2 heteroatoms. The second-order valence-electron chi connectivity index (χ2n) is 7.94. The molecule has 1 fully saturated rings. The van der Waals surface area contributed by atoms with Crippen LogP contribution < -0.4 is 0 Å². The average Bonchev–Trinajstić information content (AvgIpc) is 2.68. The van der Waals surface area contributed by atoms with E-state index in [2.05, 4.69) is 104 Å². The highest BCUT2D eigenvalue weighted by atomic mass is 16.3. The van der Waals surface area contributed by atoms with E-state index in [1.54, 1.807) is 0 Å². The Balaban J connectivity index is 1.61. The molecule has 3 aromatic carbocycles. The number of rotatable bonds is 5. The van der Waals surface area contributed by atoms with Crippen molar-refractivity contribution in [2.45, 2.75) is 31.4 Å². The van der Waals surface area contributed by atoms with Crippen LogP contribution in [0.15, 0.2) is 84.9 Å². The van der Waals surface area contributed by atoms with E-state index in [-0.39, 0.29) is 6.04 Å². The minimum absolute atomic E-state index is 0.168. The second-order valence-corrected chi connectivity index (χ2v) is 7.94. The maximum Gasteiger partial charge on any atom is 0.115 e. The zero-order valence-corrected chi connectivity index (χ0v) is 16.0. The molecule has 0 amide bonds. The summed E-state index contributed by atoms with van der Waals surface area (Å²) in [6.07, 6.45) is 0. The lowest BCUT2D eigenvalue weighted by Gasteiger charge is -2.50. The van der Waals surface area contributed by atoms with Gasteiger partial charge in [0, 0.05) is 13.1 Å². The number of hydrogen-bond acceptors (Lipinski definition) is 2. The maximum atomic E-state index is 11.3. The van der Waals surface area contributed by atoms with Gasteiger partial charge in [-0.25, -0.2) is 0 Å². The standard InChI is InChI=1S/C25H27NO/c1-19(2)22-14-9-15-23(16-22)25(27)17-26(18-25)24(20-10-5-3-6-11-20)21-12-7-4-8-13-21/h3-16,19,24,27H,17-18H2,1-2H3. The minimum Gasteiger partial charge on any atom is -0.382 e. The molecule has 4 rings (SSSR count). The Bertz CT molecular complexity index is 843. The molecule has 0 radical (unpaired) electrons. The molecular weight excluding hydrogens is 330 g/mol. The third kappa shape index (κ3) is 3.55. The number of nitrogens with zero attached hydrogens (tertiary/aromatic N) is 1. The Morgan fingerprint density at radius 1 is 0.741 bits per heavy atom. The van der Waals surface area contributed by atoms with Crippen LogP contribution in [0, 0.1) is 0 Å². The van der Waals surface area contributed by atoms with Crippen molar-refractivity contribution in [1.82, 2.24) is 4.90 Å². The highest BCUT2D eigenvalue weighted by Gasteiger charge is 2.46. The van der Waals surface area contributed by atoms with Crippen LogP contribution in [0.25, 0.3) is 0 Å². The van der Waals surface area contributed by atoms with Crippen LogP contribution in [0.2, 0.25) is 0 Å². The molecule has 1 aliphatic rings. The Morgan fingerprint density at radius 2 is 1.26 bits per heavy atom. The molecular formula is C25H27NO. The van der Waals surface area contributed by atoms with E-state index in [1.807, 2.05) is 0 Å². The predicted octanol–water partition coefficient (Wildman–Crippen LogP) is 5.10. The molecule has 0 spiro atoms. The average molecular weight is 357 g/mol. The lowest BCUT2D eigenvalue weighted by atomic mass is 9.81. The monoisotopic (exact) mass is 357 g/mol. The Morgan fingerprint density at radius 3 is 1.78 bits per heavy atom. The van der Waals surface area contributed by atoms with Gasteiger partial charge in [-0.15, -0.1) is 0 Å². The predicted molar refractivity (Wildman–Crippen MR) is 111 cm³/mol. The van der Waals surface area contributed by atoms with Gasteiger partial charge in [-0.05, 0) is 28.2 Å². The van der Waals surface area contributed by atoms with Crippen molar-refractivity contribution >= 4 is 0 Å². The molecule has 1 saturated heterocycles. The molecule has 1 heterocycles. The van der Waals surface area contributed by atoms with Gasteiger partial charge < -0.3 is 5.11 Å². The lowest BCUT2D eigenvalue weighted by molar-refractivity contribution is -0.116. The van der Waals surface area contributed by atoms with E-state index in [4.69, 9.17) is 0 Å². The van der Waals surface area contributed by atoms with Crippen molar-refractivity contribution < 1.29 is 5.11 Å². The van der Waals surface area contributed by atoms with E-state index in [1.165, 1.54) is 16.7 Å². The summed E-state index contributed by atoms with van der Waals surface area (Å²) in [5.74, 6) is 0.464. The van der Waals surface area contributed by atoms with Crippen molar-refractivity contribution in [2.24, 2.45) is 0 Å².